The molecular formula is C29H22F6S4. The molecule has 1 saturated carbocycles. The Hall–Kier alpha value is -1.62. The molecule has 2 heterocycles. The van der Waals surface area contributed by atoms with E-state index in [1.54, 1.807) is 76.2 Å². The summed E-state index contributed by atoms with van der Waals surface area (Å²) in [5.41, 5.74) is -0.746. The van der Waals surface area contributed by atoms with Gasteiger partial charge in [-0.15, -0.1) is 48.8 Å². The Morgan fingerprint density at radius 1 is 0.538 bits per heavy atom. The van der Waals surface area contributed by atoms with Gasteiger partial charge in [0.25, 0.3) is 0 Å². The van der Waals surface area contributed by atoms with E-state index in [4.69, 9.17) is 0 Å². The topological polar surface area (TPSA) is 0 Å². The van der Waals surface area contributed by atoms with Gasteiger partial charge in [0, 0.05) is 30.7 Å². The molecule has 2 aliphatic heterocycles. The first-order valence-electron chi connectivity index (χ1n) is 12.0. The van der Waals surface area contributed by atoms with Crippen LogP contribution in [0.3, 0.4) is 0 Å². The molecule has 2 aliphatic carbocycles. The van der Waals surface area contributed by atoms with Crippen LogP contribution in [0.2, 0.25) is 0 Å². The van der Waals surface area contributed by atoms with Crippen molar-refractivity contribution in [1.82, 2.24) is 0 Å². The van der Waals surface area contributed by atoms with Crippen molar-refractivity contribution in [3.8, 4) is 0 Å². The van der Waals surface area contributed by atoms with Gasteiger partial charge in [-0.1, -0.05) is 24.3 Å². The SMILES string of the molecule is CC1=C(c2ccc(S)cc2)SC2(C)C1=C1C(=C3C(C)=C(c4ccc(S)cc4)SC32C)C(F)(F)C(F)(F)C1(F)F. The molecule has 2 aromatic rings. The predicted octanol–water partition coefficient (Wildman–Crippen LogP) is 9.96. The van der Waals surface area contributed by atoms with Crippen molar-refractivity contribution in [3.05, 3.63) is 93.1 Å². The maximum atomic E-state index is 15.7. The molecule has 204 valence electrons. The van der Waals surface area contributed by atoms with Crippen molar-refractivity contribution in [1.29, 1.82) is 0 Å². The lowest BCUT2D eigenvalue weighted by Gasteiger charge is -2.48. The molecule has 0 spiro atoms. The highest BCUT2D eigenvalue weighted by molar-refractivity contribution is 8.14. The van der Waals surface area contributed by atoms with Crippen molar-refractivity contribution in [2.24, 2.45) is 0 Å². The number of thioether (sulfide) groups is 2. The normalized spacial score (nSPS) is 30.3. The summed E-state index contributed by atoms with van der Waals surface area (Å²) in [6.45, 7) is 6.55. The Morgan fingerprint density at radius 3 is 1.15 bits per heavy atom. The number of thiol groups is 2. The number of benzene rings is 2. The zero-order valence-electron chi connectivity index (χ0n) is 21.1. The second-order valence-electron chi connectivity index (χ2n) is 10.5. The summed E-state index contributed by atoms with van der Waals surface area (Å²) in [4.78, 5) is 2.56. The molecule has 0 nitrogen and oxygen atoms in total. The van der Waals surface area contributed by atoms with Gasteiger partial charge in [0.2, 0.25) is 0 Å². The lowest BCUT2D eigenvalue weighted by Crippen LogP contribution is -2.49. The monoisotopic (exact) mass is 612 g/mol. The molecular weight excluding hydrogens is 591 g/mol. The number of hydrogen-bond acceptors (Lipinski definition) is 4. The molecule has 0 saturated heterocycles. The van der Waals surface area contributed by atoms with E-state index in [-0.39, 0.29) is 11.1 Å². The molecule has 0 radical (unpaired) electrons. The van der Waals surface area contributed by atoms with Gasteiger partial charge in [0.15, 0.2) is 0 Å². The lowest BCUT2D eigenvalue weighted by atomic mass is 9.68. The van der Waals surface area contributed by atoms with Crippen LogP contribution in [0.5, 0.6) is 0 Å². The number of rotatable bonds is 2. The molecule has 0 bridgehead atoms. The minimum Gasteiger partial charge on any atom is -0.194 e. The fraction of sp³-hybridized carbons (Fsp3) is 0.310. The second kappa shape index (κ2) is 8.23. The minimum absolute atomic E-state index is 0.132. The molecule has 2 atom stereocenters. The molecule has 0 amide bonds. The molecule has 6 rings (SSSR count). The third-order valence-corrected chi connectivity index (χ3v) is 12.6. The van der Waals surface area contributed by atoms with Crippen molar-refractivity contribution in [2.45, 2.75) is 64.7 Å². The van der Waals surface area contributed by atoms with Crippen LogP contribution < -0.4 is 0 Å². The van der Waals surface area contributed by atoms with Gasteiger partial charge in [-0.2, -0.15) is 26.3 Å². The average molecular weight is 613 g/mol. The van der Waals surface area contributed by atoms with E-state index in [9.17, 15) is 0 Å². The van der Waals surface area contributed by atoms with Gasteiger partial charge < -0.3 is 0 Å². The van der Waals surface area contributed by atoms with E-state index >= 15 is 26.3 Å². The Kier molecular flexibility index (Phi) is 5.81. The molecule has 0 aromatic heterocycles. The van der Waals surface area contributed by atoms with Crippen LogP contribution in [0.25, 0.3) is 9.81 Å². The van der Waals surface area contributed by atoms with Crippen molar-refractivity contribution >= 4 is 58.6 Å². The zero-order valence-corrected chi connectivity index (χ0v) is 24.5. The fourth-order valence-electron chi connectivity index (χ4n) is 6.30. The maximum Gasteiger partial charge on any atom is 0.380 e. The van der Waals surface area contributed by atoms with Crippen molar-refractivity contribution in [2.75, 3.05) is 0 Å². The van der Waals surface area contributed by atoms with Crippen LogP contribution in [0.1, 0.15) is 38.8 Å². The molecule has 2 unspecified atom stereocenters. The number of hydrogen-bond donors (Lipinski definition) is 2. The summed E-state index contributed by atoms with van der Waals surface area (Å²) in [6, 6.07) is 14.0. The fourth-order valence-corrected chi connectivity index (χ4v) is 9.99. The Bertz CT molecular complexity index is 1460. The van der Waals surface area contributed by atoms with Crippen LogP contribution in [-0.4, -0.2) is 27.3 Å². The molecule has 0 N–H and O–H groups in total. The second-order valence-corrected chi connectivity index (χ2v) is 14.4. The summed E-state index contributed by atoms with van der Waals surface area (Å²) in [7, 11) is 0. The summed E-state index contributed by atoms with van der Waals surface area (Å²) in [6.07, 6.45) is 0. The van der Waals surface area contributed by atoms with E-state index in [1.165, 1.54) is 23.5 Å². The van der Waals surface area contributed by atoms with Gasteiger partial charge >= 0.3 is 17.8 Å². The lowest BCUT2D eigenvalue weighted by molar-refractivity contribution is -0.258. The highest BCUT2D eigenvalue weighted by atomic mass is 32.2. The third kappa shape index (κ3) is 3.23. The van der Waals surface area contributed by atoms with Crippen molar-refractivity contribution < 1.29 is 26.3 Å². The third-order valence-electron chi connectivity index (χ3n) is 8.33. The molecule has 10 heteroatoms. The first kappa shape index (κ1) is 27.5. The number of allylic oxidation sites excluding steroid dienone is 4. The highest BCUT2D eigenvalue weighted by Crippen LogP contribution is 2.77. The summed E-state index contributed by atoms with van der Waals surface area (Å²) < 4.78 is 90.5. The van der Waals surface area contributed by atoms with E-state index in [0.717, 1.165) is 0 Å². The molecule has 1 fully saturated rings. The van der Waals surface area contributed by atoms with E-state index in [0.29, 0.717) is 41.9 Å². The van der Waals surface area contributed by atoms with Crippen LogP contribution >= 0.6 is 48.8 Å². The first-order chi connectivity index (χ1) is 18.0. The van der Waals surface area contributed by atoms with Crippen molar-refractivity contribution in [3.63, 3.8) is 0 Å². The smallest absolute Gasteiger partial charge is 0.194 e. The molecule has 39 heavy (non-hydrogen) atoms. The maximum absolute atomic E-state index is 15.7. The molecule has 4 aliphatic rings. The van der Waals surface area contributed by atoms with E-state index in [2.05, 4.69) is 25.3 Å². The molecule has 2 aromatic carbocycles. The van der Waals surface area contributed by atoms with Gasteiger partial charge in [-0.25, -0.2) is 0 Å². The number of alkyl halides is 6. The number of halogens is 6. The Balaban J connectivity index is 1.71. The van der Waals surface area contributed by atoms with Crippen LogP contribution in [-0.2, 0) is 0 Å². The van der Waals surface area contributed by atoms with E-state index < -0.39 is 38.4 Å². The zero-order chi connectivity index (χ0) is 28.5. The van der Waals surface area contributed by atoms with Gasteiger partial charge in [-0.3, -0.25) is 0 Å². The Labute approximate surface area is 241 Å². The summed E-state index contributed by atoms with van der Waals surface area (Å²) in [5.74, 6) is -15.7. The first-order valence-corrected chi connectivity index (χ1v) is 14.6. The largest absolute Gasteiger partial charge is 0.380 e. The highest BCUT2D eigenvalue weighted by Gasteiger charge is 2.84. The van der Waals surface area contributed by atoms with Crippen LogP contribution in [0.4, 0.5) is 26.3 Å². The standard InChI is InChI=1S/C29H22F6S4/c1-13-19-21-22(28(32,33)29(34,35)27(21,30)31)20-14(2)24(16-7-11-18(37)12-8-16)39-26(20,4)25(19,3)38-23(13)15-5-9-17(36)10-6-15/h5-12,36-37H,1-4H3. The van der Waals surface area contributed by atoms with Gasteiger partial charge in [-0.05, 0) is 85.4 Å². The summed E-state index contributed by atoms with van der Waals surface area (Å²) >= 11 is 11.2. The summed E-state index contributed by atoms with van der Waals surface area (Å²) in [5, 5.41) is 0. The minimum atomic E-state index is -5.58. The van der Waals surface area contributed by atoms with Gasteiger partial charge in [0.1, 0.15) is 0 Å². The average Bonchev–Trinajstić information content (AvgIpc) is 3.33. The van der Waals surface area contributed by atoms with Crippen LogP contribution in [0.15, 0.2) is 91.8 Å². The van der Waals surface area contributed by atoms with E-state index in [1.807, 2.05) is 0 Å². The number of fused-ring (bicyclic) bond motifs is 4. The van der Waals surface area contributed by atoms with Gasteiger partial charge in [0.05, 0.1) is 9.49 Å². The quantitative estimate of drug-likeness (QED) is 0.256. The predicted molar refractivity (Wildman–Crippen MR) is 153 cm³/mol. The Morgan fingerprint density at radius 2 is 0.846 bits per heavy atom. The van der Waals surface area contributed by atoms with Crippen LogP contribution in [0, 0.1) is 0 Å².